The van der Waals surface area contributed by atoms with Crippen LogP contribution in [-0.4, -0.2) is 16.7 Å². The van der Waals surface area contributed by atoms with Crippen LogP contribution in [0.1, 0.15) is 23.4 Å². The molecular weight excluding hydrogens is 206 g/mol. The number of hydrogen-bond acceptors (Lipinski definition) is 3. The molecule has 0 spiro atoms. The Balaban J connectivity index is 2.15. The Morgan fingerprint density at radius 2 is 2.20 bits per heavy atom. The summed E-state index contributed by atoms with van der Waals surface area (Å²) in [6, 6.07) is 6.45. The van der Waals surface area contributed by atoms with Gasteiger partial charge in [-0.3, -0.25) is 0 Å². The van der Waals surface area contributed by atoms with Crippen LogP contribution in [0.5, 0.6) is 0 Å². The van der Waals surface area contributed by atoms with Gasteiger partial charge in [-0.05, 0) is 43.9 Å². The van der Waals surface area contributed by atoms with Gasteiger partial charge >= 0.3 is 0 Å². The quantitative estimate of drug-likeness (QED) is 0.805. The molecular formula is C12H15NOS. The van der Waals surface area contributed by atoms with Crippen LogP contribution in [0.25, 0.3) is 10.2 Å². The van der Waals surface area contributed by atoms with Gasteiger partial charge in [-0.2, -0.15) is 0 Å². The number of aromatic nitrogens is 1. The van der Waals surface area contributed by atoms with Gasteiger partial charge in [-0.15, -0.1) is 11.3 Å². The molecule has 0 radical (unpaired) electrons. The Labute approximate surface area is 93.6 Å². The molecule has 80 valence electrons. The van der Waals surface area contributed by atoms with Crippen molar-refractivity contribution < 1.29 is 5.11 Å². The Kier molecular flexibility index (Phi) is 3.34. The number of aliphatic hydroxyl groups is 1. The molecule has 0 atom stereocenters. The third kappa shape index (κ3) is 2.55. The van der Waals surface area contributed by atoms with Crippen molar-refractivity contribution in [2.75, 3.05) is 6.61 Å². The molecule has 2 aromatic rings. The lowest BCUT2D eigenvalue weighted by Gasteiger charge is -1.99. The summed E-state index contributed by atoms with van der Waals surface area (Å²) in [7, 11) is 0. The number of aliphatic hydroxyl groups excluding tert-OH is 1. The van der Waals surface area contributed by atoms with Crippen molar-refractivity contribution in [1.29, 1.82) is 0 Å². The Hall–Kier alpha value is -0.930. The topological polar surface area (TPSA) is 33.1 Å². The van der Waals surface area contributed by atoms with Gasteiger partial charge in [-0.1, -0.05) is 6.07 Å². The molecule has 1 aromatic heterocycles. The zero-order valence-corrected chi connectivity index (χ0v) is 9.68. The van der Waals surface area contributed by atoms with Gasteiger partial charge in [0.15, 0.2) is 0 Å². The molecule has 1 aromatic carbocycles. The van der Waals surface area contributed by atoms with E-state index >= 15 is 0 Å². The summed E-state index contributed by atoms with van der Waals surface area (Å²) < 4.78 is 1.27. The number of thiazole rings is 1. The predicted molar refractivity (Wildman–Crippen MR) is 64.4 cm³/mol. The summed E-state index contributed by atoms with van der Waals surface area (Å²) in [4.78, 5) is 4.43. The fourth-order valence-corrected chi connectivity index (χ4v) is 2.57. The number of hydrogen-bond donors (Lipinski definition) is 1. The Bertz CT molecular complexity index is 450. The van der Waals surface area contributed by atoms with E-state index in [0.29, 0.717) is 6.61 Å². The van der Waals surface area contributed by atoms with Gasteiger partial charge in [-0.25, -0.2) is 4.98 Å². The lowest BCUT2D eigenvalue weighted by molar-refractivity contribution is 0.284. The number of aryl methyl sites for hydroxylation is 2. The zero-order chi connectivity index (χ0) is 10.7. The SMILES string of the molecule is Cc1nc2ccc(CCCCO)cc2s1. The molecule has 0 saturated heterocycles. The van der Waals surface area contributed by atoms with Crippen LogP contribution in [-0.2, 0) is 6.42 Å². The second kappa shape index (κ2) is 4.73. The number of fused-ring (bicyclic) bond motifs is 1. The van der Waals surface area contributed by atoms with E-state index in [1.165, 1.54) is 10.3 Å². The first kappa shape index (κ1) is 10.6. The minimum atomic E-state index is 0.294. The molecule has 1 heterocycles. The van der Waals surface area contributed by atoms with Crippen LogP contribution in [0, 0.1) is 6.92 Å². The van der Waals surface area contributed by atoms with Crippen molar-refractivity contribution in [3.8, 4) is 0 Å². The van der Waals surface area contributed by atoms with Crippen molar-refractivity contribution in [1.82, 2.24) is 4.98 Å². The minimum absolute atomic E-state index is 0.294. The van der Waals surface area contributed by atoms with Crippen molar-refractivity contribution >= 4 is 21.6 Å². The highest BCUT2D eigenvalue weighted by Gasteiger charge is 2.01. The highest BCUT2D eigenvalue weighted by Crippen LogP contribution is 2.23. The maximum absolute atomic E-state index is 8.71. The number of nitrogens with zero attached hydrogens (tertiary/aromatic N) is 1. The van der Waals surface area contributed by atoms with Crippen LogP contribution < -0.4 is 0 Å². The van der Waals surface area contributed by atoms with E-state index in [9.17, 15) is 0 Å². The molecule has 0 aliphatic heterocycles. The van der Waals surface area contributed by atoms with Crippen LogP contribution in [0.15, 0.2) is 18.2 Å². The van der Waals surface area contributed by atoms with Gasteiger partial charge in [0.05, 0.1) is 15.2 Å². The summed E-state index contributed by atoms with van der Waals surface area (Å²) in [5.74, 6) is 0. The van der Waals surface area contributed by atoms with Gasteiger partial charge in [0.1, 0.15) is 0 Å². The first-order valence-electron chi connectivity index (χ1n) is 5.26. The minimum Gasteiger partial charge on any atom is -0.396 e. The summed E-state index contributed by atoms with van der Waals surface area (Å²) in [5, 5.41) is 9.83. The second-order valence-corrected chi connectivity index (χ2v) is 4.95. The summed E-state index contributed by atoms with van der Waals surface area (Å²) >= 11 is 1.75. The maximum atomic E-state index is 8.71. The second-order valence-electron chi connectivity index (χ2n) is 3.72. The lowest BCUT2D eigenvalue weighted by atomic mass is 10.1. The molecule has 2 rings (SSSR count). The summed E-state index contributed by atoms with van der Waals surface area (Å²) in [6.07, 6.45) is 2.99. The summed E-state index contributed by atoms with van der Waals surface area (Å²) in [5.41, 5.74) is 2.45. The average molecular weight is 221 g/mol. The fourth-order valence-electron chi connectivity index (χ4n) is 1.68. The van der Waals surface area contributed by atoms with Crippen LogP contribution in [0.3, 0.4) is 0 Å². The largest absolute Gasteiger partial charge is 0.396 e. The van der Waals surface area contributed by atoms with Crippen molar-refractivity contribution in [3.63, 3.8) is 0 Å². The van der Waals surface area contributed by atoms with Crippen LogP contribution in [0.4, 0.5) is 0 Å². The number of benzene rings is 1. The molecule has 15 heavy (non-hydrogen) atoms. The standard InChI is InChI=1S/C12H15NOS/c1-9-13-11-6-5-10(4-2-3-7-14)8-12(11)15-9/h5-6,8,14H,2-4,7H2,1H3. The lowest BCUT2D eigenvalue weighted by Crippen LogP contribution is -1.88. The van der Waals surface area contributed by atoms with E-state index in [-0.39, 0.29) is 0 Å². The molecule has 0 aliphatic carbocycles. The molecule has 0 saturated carbocycles. The molecule has 0 unspecified atom stereocenters. The van der Waals surface area contributed by atoms with E-state index in [1.54, 1.807) is 11.3 Å². The smallest absolute Gasteiger partial charge is 0.0907 e. The maximum Gasteiger partial charge on any atom is 0.0907 e. The van der Waals surface area contributed by atoms with Gasteiger partial charge in [0, 0.05) is 6.61 Å². The highest BCUT2D eigenvalue weighted by atomic mass is 32.1. The third-order valence-electron chi connectivity index (χ3n) is 2.43. The average Bonchev–Trinajstić information content (AvgIpc) is 2.57. The zero-order valence-electron chi connectivity index (χ0n) is 8.86. The highest BCUT2D eigenvalue weighted by molar-refractivity contribution is 7.18. The van der Waals surface area contributed by atoms with Crippen molar-refractivity contribution in [2.45, 2.75) is 26.2 Å². The Morgan fingerprint density at radius 3 is 3.00 bits per heavy atom. The molecule has 0 bridgehead atoms. The van der Waals surface area contributed by atoms with Gasteiger partial charge < -0.3 is 5.11 Å². The monoisotopic (exact) mass is 221 g/mol. The Morgan fingerprint density at radius 1 is 1.33 bits per heavy atom. The summed E-state index contributed by atoms with van der Waals surface area (Å²) in [6.45, 7) is 2.33. The van der Waals surface area contributed by atoms with Crippen molar-refractivity contribution in [3.05, 3.63) is 28.8 Å². The first-order chi connectivity index (χ1) is 7.29. The van der Waals surface area contributed by atoms with Gasteiger partial charge in [0.2, 0.25) is 0 Å². The molecule has 3 heteroatoms. The molecule has 0 aliphatic rings. The van der Waals surface area contributed by atoms with E-state index < -0.39 is 0 Å². The van der Waals surface area contributed by atoms with E-state index in [0.717, 1.165) is 29.8 Å². The predicted octanol–water partition coefficient (Wildman–Crippen LogP) is 2.92. The molecule has 0 fully saturated rings. The molecule has 1 N–H and O–H groups in total. The number of rotatable bonds is 4. The van der Waals surface area contributed by atoms with Crippen LogP contribution >= 0.6 is 11.3 Å². The third-order valence-corrected chi connectivity index (χ3v) is 3.37. The first-order valence-corrected chi connectivity index (χ1v) is 6.08. The van der Waals surface area contributed by atoms with Crippen molar-refractivity contribution in [2.24, 2.45) is 0 Å². The van der Waals surface area contributed by atoms with E-state index in [2.05, 4.69) is 23.2 Å². The van der Waals surface area contributed by atoms with E-state index in [4.69, 9.17) is 5.11 Å². The van der Waals surface area contributed by atoms with Gasteiger partial charge in [0.25, 0.3) is 0 Å². The number of unbranched alkanes of at least 4 members (excludes halogenated alkanes) is 1. The fraction of sp³-hybridized carbons (Fsp3) is 0.417. The molecule has 2 nitrogen and oxygen atoms in total. The van der Waals surface area contributed by atoms with Crippen LogP contribution in [0.2, 0.25) is 0 Å². The normalized spacial score (nSPS) is 11.1. The van der Waals surface area contributed by atoms with E-state index in [1.807, 2.05) is 6.92 Å². The molecule has 0 amide bonds.